The molecule has 0 radical (unpaired) electrons. The Kier molecular flexibility index (Phi) is 4.83. The molecule has 0 bridgehead atoms. The van der Waals surface area contributed by atoms with E-state index in [0.29, 0.717) is 6.42 Å². The molecule has 0 aliphatic carbocycles. The van der Waals surface area contributed by atoms with E-state index in [9.17, 15) is 26.8 Å². The Bertz CT molecular complexity index is 723. The molecule has 1 heterocycles. The highest BCUT2D eigenvalue weighted by atomic mass is 32.2. The number of nitrogens with one attached hydrogen (secondary N) is 1. The fourth-order valence-electron chi connectivity index (χ4n) is 2.20. The standard InChI is InChI=1S/C13H14F2N2O5S/c14-12(15)23(21,22)10-3-1-2-9(6-10)16-13(20)17-5-4-8(7-17)11(18)19/h1-3,6,8,12H,4-5,7H2,(H,16,20)(H,18,19). The first-order valence-corrected chi connectivity index (χ1v) is 8.17. The Balaban J connectivity index is 2.10. The van der Waals surface area contributed by atoms with Crippen molar-refractivity contribution in [3.63, 3.8) is 0 Å². The van der Waals surface area contributed by atoms with Crippen molar-refractivity contribution in [2.24, 2.45) is 5.92 Å². The first-order valence-electron chi connectivity index (χ1n) is 6.62. The average Bonchev–Trinajstić information content (AvgIpc) is 2.97. The number of rotatable bonds is 4. The van der Waals surface area contributed by atoms with Gasteiger partial charge in [0.15, 0.2) is 0 Å². The lowest BCUT2D eigenvalue weighted by Gasteiger charge is -2.17. The minimum atomic E-state index is -4.75. The van der Waals surface area contributed by atoms with Crippen molar-refractivity contribution < 1.29 is 31.9 Å². The molecule has 0 aromatic heterocycles. The first-order chi connectivity index (χ1) is 10.7. The molecule has 1 aliphatic heterocycles. The highest BCUT2D eigenvalue weighted by molar-refractivity contribution is 7.91. The van der Waals surface area contributed by atoms with Crippen LogP contribution in [0.4, 0.5) is 19.3 Å². The van der Waals surface area contributed by atoms with Crippen LogP contribution in [0.15, 0.2) is 29.2 Å². The number of urea groups is 1. The van der Waals surface area contributed by atoms with Crippen molar-refractivity contribution in [3.8, 4) is 0 Å². The molecule has 1 atom stereocenters. The number of anilines is 1. The van der Waals surface area contributed by atoms with Crippen LogP contribution in [0.5, 0.6) is 0 Å². The largest absolute Gasteiger partial charge is 0.481 e. The molecule has 1 aromatic carbocycles. The van der Waals surface area contributed by atoms with Crippen molar-refractivity contribution in [1.82, 2.24) is 4.90 Å². The molecule has 1 unspecified atom stereocenters. The molecule has 2 amide bonds. The number of carboxylic acids is 1. The third-order valence-electron chi connectivity index (χ3n) is 3.47. The maximum absolute atomic E-state index is 12.5. The number of benzene rings is 1. The average molecular weight is 348 g/mol. The topological polar surface area (TPSA) is 104 Å². The van der Waals surface area contributed by atoms with Crippen LogP contribution in [0.1, 0.15) is 6.42 Å². The summed E-state index contributed by atoms with van der Waals surface area (Å²) in [5.74, 6) is -5.19. The van der Waals surface area contributed by atoms with E-state index in [1.165, 1.54) is 17.0 Å². The van der Waals surface area contributed by atoms with E-state index in [-0.39, 0.29) is 18.8 Å². The van der Waals surface area contributed by atoms with Crippen LogP contribution in [0.3, 0.4) is 0 Å². The quantitative estimate of drug-likeness (QED) is 0.860. The van der Waals surface area contributed by atoms with E-state index in [1.807, 2.05) is 0 Å². The zero-order valence-corrected chi connectivity index (χ0v) is 12.6. The number of carbonyl (C=O) groups excluding carboxylic acids is 1. The van der Waals surface area contributed by atoms with Gasteiger partial charge in [-0.15, -0.1) is 0 Å². The van der Waals surface area contributed by atoms with Gasteiger partial charge >= 0.3 is 17.8 Å². The van der Waals surface area contributed by atoms with Crippen molar-refractivity contribution in [3.05, 3.63) is 24.3 Å². The second-order valence-electron chi connectivity index (χ2n) is 5.03. The molecule has 1 aromatic rings. The number of carboxylic acid groups (broad SMARTS) is 1. The summed E-state index contributed by atoms with van der Waals surface area (Å²) in [7, 11) is -4.75. The zero-order valence-electron chi connectivity index (χ0n) is 11.8. The lowest BCUT2D eigenvalue weighted by Crippen LogP contribution is -2.33. The van der Waals surface area contributed by atoms with Crippen LogP contribution >= 0.6 is 0 Å². The van der Waals surface area contributed by atoms with Gasteiger partial charge in [-0.1, -0.05) is 6.07 Å². The van der Waals surface area contributed by atoms with Gasteiger partial charge in [0.25, 0.3) is 0 Å². The fourth-order valence-corrected chi connectivity index (χ4v) is 2.97. The summed E-state index contributed by atoms with van der Waals surface area (Å²) in [6.45, 7) is 0.286. The molecule has 2 N–H and O–H groups in total. The van der Waals surface area contributed by atoms with E-state index in [4.69, 9.17) is 5.11 Å². The maximum Gasteiger partial charge on any atom is 0.341 e. The highest BCUT2D eigenvalue weighted by Crippen LogP contribution is 2.22. The van der Waals surface area contributed by atoms with Crippen molar-refractivity contribution in [2.75, 3.05) is 18.4 Å². The second-order valence-corrected chi connectivity index (χ2v) is 6.95. The third-order valence-corrected chi connectivity index (χ3v) is 4.85. The van der Waals surface area contributed by atoms with Crippen LogP contribution in [-0.4, -0.2) is 49.3 Å². The zero-order chi connectivity index (χ0) is 17.2. The molecule has 10 heteroatoms. The Morgan fingerprint density at radius 3 is 2.61 bits per heavy atom. The number of alkyl halides is 2. The molecule has 0 spiro atoms. The van der Waals surface area contributed by atoms with Gasteiger partial charge in [0.1, 0.15) is 0 Å². The number of hydrogen-bond acceptors (Lipinski definition) is 4. The van der Waals surface area contributed by atoms with Gasteiger partial charge in [0, 0.05) is 18.8 Å². The van der Waals surface area contributed by atoms with Crippen molar-refractivity contribution in [2.45, 2.75) is 17.1 Å². The van der Waals surface area contributed by atoms with E-state index >= 15 is 0 Å². The Hall–Kier alpha value is -2.23. The molecule has 2 rings (SSSR count). The summed E-state index contributed by atoms with van der Waals surface area (Å²) < 4.78 is 47.8. The number of nitrogens with zero attached hydrogens (tertiary/aromatic N) is 1. The van der Waals surface area contributed by atoms with Gasteiger partial charge in [-0.25, -0.2) is 13.2 Å². The minimum Gasteiger partial charge on any atom is -0.481 e. The van der Waals surface area contributed by atoms with E-state index in [0.717, 1.165) is 12.1 Å². The SMILES string of the molecule is O=C(O)C1CCN(C(=O)Nc2cccc(S(=O)(=O)C(F)F)c2)C1. The van der Waals surface area contributed by atoms with Gasteiger partial charge in [-0.2, -0.15) is 8.78 Å². The van der Waals surface area contributed by atoms with Gasteiger partial charge in [0.05, 0.1) is 10.8 Å². The Labute approximate surface area is 130 Å². The monoisotopic (exact) mass is 348 g/mol. The number of amides is 2. The van der Waals surface area contributed by atoms with E-state index in [2.05, 4.69) is 5.32 Å². The summed E-state index contributed by atoms with van der Waals surface area (Å²) in [6, 6.07) is 3.92. The van der Waals surface area contributed by atoms with Crippen LogP contribution in [0, 0.1) is 5.92 Å². The number of carbonyl (C=O) groups is 2. The predicted molar refractivity (Wildman–Crippen MR) is 76.0 cm³/mol. The Morgan fingerprint density at radius 1 is 1.35 bits per heavy atom. The van der Waals surface area contributed by atoms with Crippen LogP contribution < -0.4 is 5.32 Å². The molecule has 126 valence electrons. The molecule has 1 fully saturated rings. The summed E-state index contributed by atoms with van der Waals surface area (Å²) in [4.78, 5) is 23.5. The molecule has 7 nitrogen and oxygen atoms in total. The summed E-state index contributed by atoms with van der Waals surface area (Å²) in [6.07, 6.45) is 0.322. The summed E-state index contributed by atoms with van der Waals surface area (Å²) in [5, 5.41) is 11.3. The lowest BCUT2D eigenvalue weighted by molar-refractivity contribution is -0.141. The molecular formula is C13H14F2N2O5S. The maximum atomic E-state index is 12.5. The van der Waals surface area contributed by atoms with Gasteiger partial charge in [0.2, 0.25) is 9.84 Å². The second kappa shape index (κ2) is 6.49. The molecule has 1 aliphatic rings. The smallest absolute Gasteiger partial charge is 0.341 e. The molecule has 23 heavy (non-hydrogen) atoms. The molecular weight excluding hydrogens is 334 g/mol. The van der Waals surface area contributed by atoms with Crippen LogP contribution in [-0.2, 0) is 14.6 Å². The van der Waals surface area contributed by atoms with Crippen molar-refractivity contribution in [1.29, 1.82) is 0 Å². The highest BCUT2D eigenvalue weighted by Gasteiger charge is 2.31. The third kappa shape index (κ3) is 3.76. The van der Waals surface area contributed by atoms with E-state index < -0.39 is 38.4 Å². The normalized spacial score (nSPS) is 18.2. The van der Waals surface area contributed by atoms with Crippen LogP contribution in [0.2, 0.25) is 0 Å². The molecule has 1 saturated heterocycles. The van der Waals surface area contributed by atoms with Gasteiger partial charge < -0.3 is 15.3 Å². The Morgan fingerprint density at radius 2 is 2.04 bits per heavy atom. The number of sulfone groups is 1. The first kappa shape index (κ1) is 17.1. The van der Waals surface area contributed by atoms with Crippen molar-refractivity contribution >= 4 is 27.5 Å². The summed E-state index contributed by atoms with van der Waals surface area (Å²) >= 11 is 0. The van der Waals surface area contributed by atoms with Crippen LogP contribution in [0.25, 0.3) is 0 Å². The van der Waals surface area contributed by atoms with E-state index in [1.54, 1.807) is 0 Å². The number of halogens is 2. The minimum absolute atomic E-state index is 0.0375. The lowest BCUT2D eigenvalue weighted by atomic mass is 10.1. The fraction of sp³-hybridized carbons (Fsp3) is 0.385. The summed E-state index contributed by atoms with van der Waals surface area (Å²) in [5.41, 5.74) is 0.0375. The number of aliphatic carboxylic acids is 1. The predicted octanol–water partition coefficient (Wildman–Crippen LogP) is 1.62. The number of hydrogen-bond donors (Lipinski definition) is 2. The van der Waals surface area contributed by atoms with Gasteiger partial charge in [-0.3, -0.25) is 4.79 Å². The molecule has 0 saturated carbocycles. The van der Waals surface area contributed by atoms with Gasteiger partial charge in [-0.05, 0) is 24.6 Å². The number of likely N-dealkylation sites (tertiary alicyclic amines) is 1.